The number of rotatable bonds is 5. The van der Waals surface area contributed by atoms with Gasteiger partial charge in [0.15, 0.2) is 0 Å². The summed E-state index contributed by atoms with van der Waals surface area (Å²) in [5.74, 6) is 1.44. The predicted molar refractivity (Wildman–Crippen MR) is 91.3 cm³/mol. The van der Waals surface area contributed by atoms with Crippen LogP contribution in [0.25, 0.3) is 0 Å². The van der Waals surface area contributed by atoms with Gasteiger partial charge >= 0.3 is 0 Å². The number of nitrogens with zero attached hydrogens (tertiary/aromatic N) is 3. The van der Waals surface area contributed by atoms with Gasteiger partial charge in [0.1, 0.15) is 18.0 Å². The summed E-state index contributed by atoms with van der Waals surface area (Å²) in [7, 11) is 3.85. The molecule has 0 radical (unpaired) electrons. The highest BCUT2D eigenvalue weighted by Crippen LogP contribution is 2.17. The van der Waals surface area contributed by atoms with E-state index in [2.05, 4.69) is 25.6 Å². The molecule has 3 N–H and O–H groups in total. The van der Waals surface area contributed by atoms with E-state index in [0.29, 0.717) is 24.6 Å². The lowest BCUT2D eigenvalue weighted by Crippen LogP contribution is -2.52. The maximum atomic E-state index is 12.3. The maximum Gasteiger partial charge on any atom is 0.253 e. The lowest BCUT2D eigenvalue weighted by molar-refractivity contribution is 0.0620. The molecular formula is C16H22N6O2. The average Bonchev–Trinajstić information content (AvgIpc) is 3.11. The van der Waals surface area contributed by atoms with Gasteiger partial charge in [0.2, 0.25) is 0 Å². The molecule has 1 aliphatic rings. The minimum Gasteiger partial charge on any atom is -0.379 e. The Morgan fingerprint density at radius 2 is 2.25 bits per heavy atom. The summed E-state index contributed by atoms with van der Waals surface area (Å²) < 4.78 is 5.56. The van der Waals surface area contributed by atoms with Crippen molar-refractivity contribution in [3.05, 3.63) is 36.4 Å². The van der Waals surface area contributed by atoms with Crippen LogP contribution in [-0.2, 0) is 4.74 Å². The fourth-order valence-electron chi connectivity index (χ4n) is 2.63. The molecular weight excluding hydrogens is 308 g/mol. The lowest BCUT2D eigenvalue weighted by Gasteiger charge is -2.33. The van der Waals surface area contributed by atoms with E-state index in [1.165, 1.54) is 6.33 Å². The predicted octanol–water partition coefficient (Wildman–Crippen LogP) is 0.870. The number of aromatic nitrogens is 3. The van der Waals surface area contributed by atoms with Crippen molar-refractivity contribution in [3.63, 3.8) is 0 Å². The van der Waals surface area contributed by atoms with Crippen LogP contribution in [0.1, 0.15) is 16.8 Å². The molecule has 1 aliphatic heterocycles. The zero-order valence-corrected chi connectivity index (χ0v) is 13.8. The first kappa shape index (κ1) is 16.3. The zero-order chi connectivity index (χ0) is 16.9. The number of ether oxygens (including phenoxy) is 1. The molecule has 0 saturated carbocycles. The number of hydrogen-bond donors (Lipinski definition) is 3. The molecule has 0 aromatic carbocycles. The average molecular weight is 330 g/mol. The van der Waals surface area contributed by atoms with Crippen molar-refractivity contribution in [2.45, 2.75) is 18.5 Å². The Morgan fingerprint density at radius 1 is 1.38 bits per heavy atom. The molecule has 1 fully saturated rings. The van der Waals surface area contributed by atoms with Crippen LogP contribution in [0.2, 0.25) is 0 Å². The highest BCUT2D eigenvalue weighted by atomic mass is 16.5. The van der Waals surface area contributed by atoms with Gasteiger partial charge in [-0.15, -0.1) is 0 Å². The monoisotopic (exact) mass is 330 g/mol. The molecule has 0 bridgehead atoms. The molecule has 2 atom stereocenters. The number of hydrogen-bond acceptors (Lipinski definition) is 6. The van der Waals surface area contributed by atoms with Gasteiger partial charge in [0.25, 0.3) is 5.91 Å². The summed E-state index contributed by atoms with van der Waals surface area (Å²) in [5, 5.41) is 6.43. The summed E-state index contributed by atoms with van der Waals surface area (Å²) in [5.41, 5.74) is 0.622. The molecule has 2 aromatic heterocycles. The van der Waals surface area contributed by atoms with Gasteiger partial charge in [0, 0.05) is 39.2 Å². The Hall–Kier alpha value is -2.61. The van der Waals surface area contributed by atoms with Gasteiger partial charge in [-0.3, -0.25) is 4.79 Å². The lowest BCUT2D eigenvalue weighted by atomic mass is 10.0. The number of nitrogens with one attached hydrogen (secondary N) is 3. The summed E-state index contributed by atoms with van der Waals surface area (Å²) in [6.07, 6.45) is 5.69. The van der Waals surface area contributed by atoms with E-state index in [4.69, 9.17) is 4.74 Å². The van der Waals surface area contributed by atoms with Gasteiger partial charge in [0.05, 0.1) is 24.3 Å². The van der Waals surface area contributed by atoms with E-state index >= 15 is 0 Å². The Balaban J connectivity index is 1.68. The standard InChI is InChI=1S/C16H22N6O2/c1-22(2)15-7-14(18-10-19-15)20-13-9-24-6-4-12(13)21-16(23)11-3-5-17-8-11/h3,5,7-8,10,12-13,17H,4,6,9H2,1-2H3,(H,21,23)(H,18,19,20)/t12-,13+/m0/s1. The van der Waals surface area contributed by atoms with Crippen molar-refractivity contribution in [2.24, 2.45) is 0 Å². The Bertz CT molecular complexity index is 673. The molecule has 3 heterocycles. The van der Waals surface area contributed by atoms with E-state index in [-0.39, 0.29) is 18.0 Å². The van der Waals surface area contributed by atoms with Crippen molar-refractivity contribution >= 4 is 17.5 Å². The van der Waals surface area contributed by atoms with Crippen LogP contribution in [0.15, 0.2) is 30.9 Å². The minimum absolute atomic E-state index is 0.0288. The van der Waals surface area contributed by atoms with Crippen molar-refractivity contribution in [3.8, 4) is 0 Å². The first-order valence-electron chi connectivity index (χ1n) is 7.91. The second kappa shape index (κ2) is 7.31. The molecule has 8 nitrogen and oxygen atoms in total. The van der Waals surface area contributed by atoms with Gasteiger partial charge in [-0.1, -0.05) is 0 Å². The first-order chi connectivity index (χ1) is 11.6. The third-order valence-electron chi connectivity index (χ3n) is 3.98. The van der Waals surface area contributed by atoms with Gasteiger partial charge in [-0.2, -0.15) is 0 Å². The van der Waals surface area contributed by atoms with E-state index in [9.17, 15) is 4.79 Å². The molecule has 128 valence electrons. The zero-order valence-electron chi connectivity index (χ0n) is 13.8. The fraction of sp³-hybridized carbons (Fsp3) is 0.438. The SMILES string of the molecule is CN(C)c1cc(N[C@@H]2COCC[C@@H]2NC(=O)c2cc[nH]c2)ncn1. The summed E-state index contributed by atoms with van der Waals surface area (Å²) in [6.45, 7) is 1.14. The summed E-state index contributed by atoms with van der Waals surface area (Å²) in [4.78, 5) is 25.5. The highest BCUT2D eigenvalue weighted by Gasteiger charge is 2.28. The normalized spacial score (nSPS) is 20.4. The van der Waals surface area contributed by atoms with Crippen molar-refractivity contribution in [2.75, 3.05) is 37.5 Å². The third-order valence-corrected chi connectivity index (χ3v) is 3.98. The first-order valence-corrected chi connectivity index (χ1v) is 7.91. The minimum atomic E-state index is -0.0911. The molecule has 1 saturated heterocycles. The highest BCUT2D eigenvalue weighted by molar-refractivity contribution is 5.94. The molecule has 2 aromatic rings. The molecule has 0 unspecified atom stereocenters. The van der Waals surface area contributed by atoms with Gasteiger partial charge in [-0.05, 0) is 12.5 Å². The Kier molecular flexibility index (Phi) is 4.95. The van der Waals surface area contributed by atoms with Crippen LogP contribution < -0.4 is 15.5 Å². The van der Waals surface area contributed by atoms with Gasteiger partial charge in [-0.25, -0.2) is 9.97 Å². The fourth-order valence-corrected chi connectivity index (χ4v) is 2.63. The number of carbonyl (C=O) groups is 1. The second-order valence-electron chi connectivity index (χ2n) is 5.95. The Labute approximate surface area is 140 Å². The maximum absolute atomic E-state index is 12.3. The van der Waals surface area contributed by atoms with Crippen molar-refractivity contribution in [1.29, 1.82) is 0 Å². The summed E-state index contributed by atoms with van der Waals surface area (Å²) in [6, 6.07) is 3.55. The largest absolute Gasteiger partial charge is 0.379 e. The van der Waals surface area contributed by atoms with E-state index < -0.39 is 0 Å². The number of amides is 1. The molecule has 0 spiro atoms. The number of aromatic amines is 1. The van der Waals surface area contributed by atoms with Crippen LogP contribution in [0.4, 0.5) is 11.6 Å². The smallest absolute Gasteiger partial charge is 0.253 e. The van der Waals surface area contributed by atoms with E-state index in [0.717, 1.165) is 12.2 Å². The number of carbonyl (C=O) groups excluding carboxylic acids is 1. The molecule has 1 amide bonds. The van der Waals surface area contributed by atoms with Gasteiger partial charge < -0.3 is 25.3 Å². The van der Waals surface area contributed by atoms with Crippen LogP contribution in [0.5, 0.6) is 0 Å². The van der Waals surface area contributed by atoms with E-state index in [1.54, 1.807) is 18.5 Å². The van der Waals surface area contributed by atoms with Crippen LogP contribution in [-0.4, -0.2) is 60.3 Å². The van der Waals surface area contributed by atoms with Crippen molar-refractivity contribution in [1.82, 2.24) is 20.3 Å². The third kappa shape index (κ3) is 3.83. The molecule has 8 heteroatoms. The van der Waals surface area contributed by atoms with Crippen LogP contribution in [0.3, 0.4) is 0 Å². The number of H-pyrrole nitrogens is 1. The summed E-state index contributed by atoms with van der Waals surface area (Å²) >= 11 is 0. The topological polar surface area (TPSA) is 95.2 Å². The van der Waals surface area contributed by atoms with Crippen molar-refractivity contribution < 1.29 is 9.53 Å². The van der Waals surface area contributed by atoms with E-state index in [1.807, 2.05) is 25.1 Å². The number of anilines is 2. The molecule has 0 aliphatic carbocycles. The molecule has 3 rings (SSSR count). The quantitative estimate of drug-likeness (QED) is 0.753. The van der Waals surface area contributed by atoms with Crippen LogP contribution in [0, 0.1) is 0 Å². The Morgan fingerprint density at radius 3 is 3.00 bits per heavy atom. The second-order valence-corrected chi connectivity index (χ2v) is 5.95. The molecule has 24 heavy (non-hydrogen) atoms. The van der Waals surface area contributed by atoms with Crippen LogP contribution >= 0.6 is 0 Å².